The number of rotatable bonds is 13. The summed E-state index contributed by atoms with van der Waals surface area (Å²) in [5.74, 6) is 4.37. The largest absolute Gasteiger partial charge is 0.493 e. The molecule has 0 radical (unpaired) electrons. The number of aliphatic hydroxyl groups is 1. The Labute approximate surface area is 207 Å². The molecule has 35 heavy (non-hydrogen) atoms. The first-order valence-electron chi connectivity index (χ1n) is 12.0. The minimum absolute atomic E-state index is 0.196. The van der Waals surface area contributed by atoms with E-state index in [2.05, 4.69) is 17.7 Å². The molecule has 3 aromatic rings. The Morgan fingerprint density at radius 2 is 1.86 bits per heavy atom. The van der Waals surface area contributed by atoms with Gasteiger partial charge >= 0.3 is 0 Å². The van der Waals surface area contributed by atoms with Crippen LogP contribution in [0.5, 0.6) is 17.4 Å². The van der Waals surface area contributed by atoms with Gasteiger partial charge in [-0.1, -0.05) is 43.2 Å². The molecular formula is C28H33N3O4. The molecule has 7 heteroatoms. The average molecular weight is 476 g/mol. The molecule has 0 bridgehead atoms. The van der Waals surface area contributed by atoms with E-state index in [4.69, 9.17) is 25.7 Å². The van der Waals surface area contributed by atoms with Gasteiger partial charge in [-0.15, -0.1) is 6.42 Å². The summed E-state index contributed by atoms with van der Waals surface area (Å²) >= 11 is 0. The fourth-order valence-corrected chi connectivity index (χ4v) is 4.14. The van der Waals surface area contributed by atoms with Crippen molar-refractivity contribution in [2.75, 3.05) is 26.9 Å². The summed E-state index contributed by atoms with van der Waals surface area (Å²) in [5, 5.41) is 15.5. The van der Waals surface area contributed by atoms with E-state index in [1.165, 1.54) is 0 Å². The standard InChI is InChI=1S/C28H33N3O4/c1-4-17-34-20-23(32)18-30(21-15-16-21)19-24-25(5-2)29-31(22-11-7-6-8-12-22)28(24)35-27-14-10-9-13-26(27)33-3/h1,6-14,21,23,32H,5,15-20H2,2-3H3. The summed E-state index contributed by atoms with van der Waals surface area (Å²) in [7, 11) is 1.63. The molecule has 4 rings (SSSR count). The van der Waals surface area contributed by atoms with Gasteiger partial charge in [0.1, 0.15) is 6.61 Å². The van der Waals surface area contributed by atoms with Gasteiger partial charge in [-0.3, -0.25) is 4.90 Å². The monoisotopic (exact) mass is 475 g/mol. The minimum atomic E-state index is -0.628. The van der Waals surface area contributed by atoms with E-state index >= 15 is 0 Å². The van der Waals surface area contributed by atoms with Crippen molar-refractivity contribution in [1.29, 1.82) is 0 Å². The van der Waals surface area contributed by atoms with Gasteiger partial charge in [-0.05, 0) is 43.5 Å². The smallest absolute Gasteiger partial charge is 0.227 e. The van der Waals surface area contributed by atoms with E-state index in [0.717, 1.165) is 36.2 Å². The lowest BCUT2D eigenvalue weighted by molar-refractivity contribution is 0.0240. The van der Waals surface area contributed by atoms with E-state index < -0.39 is 6.10 Å². The Balaban J connectivity index is 1.69. The van der Waals surface area contributed by atoms with Crippen molar-refractivity contribution in [1.82, 2.24) is 14.7 Å². The van der Waals surface area contributed by atoms with Gasteiger partial charge in [-0.25, -0.2) is 4.68 Å². The maximum atomic E-state index is 10.6. The number of nitrogens with zero attached hydrogens (tertiary/aromatic N) is 3. The fraction of sp³-hybridized carbons (Fsp3) is 0.393. The molecular weight excluding hydrogens is 442 g/mol. The molecule has 1 N–H and O–H groups in total. The number of hydrogen-bond acceptors (Lipinski definition) is 6. The molecule has 1 unspecified atom stereocenters. The highest BCUT2D eigenvalue weighted by Gasteiger charge is 2.33. The van der Waals surface area contributed by atoms with Gasteiger partial charge in [0.05, 0.1) is 36.8 Å². The predicted octanol–water partition coefficient (Wildman–Crippen LogP) is 4.21. The number of aryl methyl sites for hydroxylation is 1. The summed E-state index contributed by atoms with van der Waals surface area (Å²) in [6.07, 6.45) is 7.60. The van der Waals surface area contributed by atoms with Crippen LogP contribution in [-0.2, 0) is 17.7 Å². The predicted molar refractivity (Wildman–Crippen MR) is 135 cm³/mol. The molecule has 1 aromatic heterocycles. The number of methoxy groups -OCH3 is 1. The third-order valence-electron chi connectivity index (χ3n) is 6.00. The number of benzene rings is 2. The van der Waals surface area contributed by atoms with Gasteiger partial charge in [0.25, 0.3) is 0 Å². The van der Waals surface area contributed by atoms with Gasteiger partial charge in [0, 0.05) is 19.1 Å². The van der Waals surface area contributed by atoms with Crippen LogP contribution in [0.3, 0.4) is 0 Å². The summed E-state index contributed by atoms with van der Waals surface area (Å²) in [6, 6.07) is 18.0. The first-order valence-corrected chi connectivity index (χ1v) is 12.0. The highest BCUT2D eigenvalue weighted by Crippen LogP contribution is 2.38. The van der Waals surface area contributed by atoms with Crippen molar-refractivity contribution >= 4 is 0 Å². The Kier molecular flexibility index (Phi) is 8.43. The molecule has 1 aliphatic carbocycles. The van der Waals surface area contributed by atoms with Crippen LogP contribution >= 0.6 is 0 Å². The average Bonchev–Trinajstić information content (AvgIpc) is 3.68. The van der Waals surface area contributed by atoms with E-state index in [9.17, 15) is 5.11 Å². The Morgan fingerprint density at radius 1 is 1.14 bits per heavy atom. The van der Waals surface area contributed by atoms with Crippen molar-refractivity contribution in [3.63, 3.8) is 0 Å². The van der Waals surface area contributed by atoms with E-state index in [1.54, 1.807) is 7.11 Å². The lowest BCUT2D eigenvalue weighted by Gasteiger charge is -2.25. The fourth-order valence-electron chi connectivity index (χ4n) is 4.14. The Morgan fingerprint density at radius 3 is 2.51 bits per heavy atom. The molecule has 0 amide bonds. The van der Waals surface area contributed by atoms with Crippen molar-refractivity contribution in [2.45, 2.75) is 44.9 Å². The zero-order valence-electron chi connectivity index (χ0n) is 20.4. The molecule has 1 atom stereocenters. The van der Waals surface area contributed by atoms with E-state index in [-0.39, 0.29) is 13.2 Å². The number of hydrogen-bond donors (Lipinski definition) is 1. The SMILES string of the molecule is C#CCOCC(O)CN(Cc1c(CC)nn(-c2ccccc2)c1Oc1ccccc1OC)C1CC1. The van der Waals surface area contributed by atoms with Crippen molar-refractivity contribution in [3.8, 4) is 35.4 Å². The minimum Gasteiger partial charge on any atom is -0.493 e. The number of terminal acetylenes is 1. The van der Waals surface area contributed by atoms with Gasteiger partial charge in [-0.2, -0.15) is 5.10 Å². The molecule has 0 aliphatic heterocycles. The number of aromatic nitrogens is 2. The second kappa shape index (κ2) is 11.9. The third kappa shape index (κ3) is 6.23. The van der Waals surface area contributed by atoms with Crippen LogP contribution in [0.2, 0.25) is 0 Å². The maximum Gasteiger partial charge on any atom is 0.227 e. The number of ether oxygens (including phenoxy) is 3. The highest BCUT2D eigenvalue weighted by atomic mass is 16.5. The topological polar surface area (TPSA) is 69.0 Å². The first-order chi connectivity index (χ1) is 17.1. The van der Waals surface area contributed by atoms with Gasteiger partial charge in [0.2, 0.25) is 5.88 Å². The Bertz CT molecular complexity index is 1130. The van der Waals surface area contributed by atoms with Crippen molar-refractivity contribution in [3.05, 3.63) is 65.9 Å². The second-order valence-corrected chi connectivity index (χ2v) is 8.62. The molecule has 1 fully saturated rings. The normalized spacial score (nSPS) is 14.0. The van der Waals surface area contributed by atoms with E-state index in [1.807, 2.05) is 59.3 Å². The van der Waals surface area contributed by atoms with Crippen molar-refractivity contribution < 1.29 is 19.3 Å². The molecule has 1 aliphatic rings. The molecule has 1 heterocycles. The van der Waals surface area contributed by atoms with Crippen LogP contribution in [0.15, 0.2) is 54.6 Å². The van der Waals surface area contributed by atoms with Crippen LogP contribution in [-0.4, -0.2) is 58.8 Å². The van der Waals surface area contributed by atoms with Crippen molar-refractivity contribution in [2.24, 2.45) is 0 Å². The van der Waals surface area contributed by atoms with Crippen LogP contribution in [0, 0.1) is 12.3 Å². The number of aliphatic hydroxyl groups excluding tert-OH is 1. The quantitative estimate of drug-likeness (QED) is 0.295. The summed E-state index contributed by atoms with van der Waals surface area (Å²) in [4.78, 5) is 2.30. The van der Waals surface area contributed by atoms with Gasteiger partial charge in [0.15, 0.2) is 11.5 Å². The third-order valence-corrected chi connectivity index (χ3v) is 6.00. The first kappa shape index (κ1) is 24.8. The maximum absolute atomic E-state index is 10.6. The molecule has 0 saturated heterocycles. The lowest BCUT2D eigenvalue weighted by atomic mass is 10.1. The zero-order valence-corrected chi connectivity index (χ0v) is 20.4. The van der Waals surface area contributed by atoms with E-state index in [0.29, 0.717) is 36.5 Å². The zero-order chi connectivity index (χ0) is 24.6. The van der Waals surface area contributed by atoms with Crippen LogP contribution in [0.25, 0.3) is 5.69 Å². The summed E-state index contributed by atoms with van der Waals surface area (Å²) in [6.45, 7) is 3.60. The molecule has 0 spiro atoms. The number of para-hydroxylation sites is 3. The second-order valence-electron chi connectivity index (χ2n) is 8.62. The molecule has 184 valence electrons. The van der Waals surface area contributed by atoms with Gasteiger partial charge < -0.3 is 19.3 Å². The highest BCUT2D eigenvalue weighted by molar-refractivity contribution is 5.47. The Hall–Kier alpha value is -3.31. The summed E-state index contributed by atoms with van der Waals surface area (Å²) in [5.41, 5.74) is 2.88. The van der Waals surface area contributed by atoms with Crippen LogP contribution in [0.4, 0.5) is 0 Å². The molecule has 7 nitrogen and oxygen atoms in total. The molecule has 2 aromatic carbocycles. The summed E-state index contributed by atoms with van der Waals surface area (Å²) < 4.78 is 19.3. The van der Waals surface area contributed by atoms with Crippen LogP contribution < -0.4 is 9.47 Å². The van der Waals surface area contributed by atoms with Crippen LogP contribution in [0.1, 0.15) is 31.0 Å². The molecule has 1 saturated carbocycles. The lowest BCUT2D eigenvalue weighted by Crippen LogP contribution is -2.36.